The van der Waals surface area contributed by atoms with Gasteiger partial charge >= 0.3 is 6.03 Å². The minimum atomic E-state index is -0.562. The Labute approximate surface area is 213 Å². The number of urea groups is 1. The number of rotatable bonds is 12. The summed E-state index contributed by atoms with van der Waals surface area (Å²) in [4.78, 5) is 43.3. The molecule has 9 nitrogen and oxygen atoms in total. The summed E-state index contributed by atoms with van der Waals surface area (Å²) in [5, 5.41) is 6.25. The van der Waals surface area contributed by atoms with E-state index in [1.54, 1.807) is 38.6 Å². The number of amides is 4. The van der Waals surface area contributed by atoms with Crippen molar-refractivity contribution >= 4 is 29.6 Å². The van der Waals surface area contributed by atoms with Crippen molar-refractivity contribution in [3.05, 3.63) is 35.9 Å². The SMILES string of the molecule is CCCCOCCCN1CC2N(C(=O)CN(C)N2C(=O)NCc2ccccc2)[C@@H](CCSC)C1=O. The minimum Gasteiger partial charge on any atom is -0.381 e. The molecule has 0 saturated carbocycles. The van der Waals surface area contributed by atoms with E-state index in [2.05, 4.69) is 12.2 Å². The molecule has 2 fully saturated rings. The zero-order chi connectivity index (χ0) is 25.2. The third-order valence-corrected chi connectivity index (χ3v) is 7.03. The van der Waals surface area contributed by atoms with Crippen molar-refractivity contribution in [3.63, 3.8) is 0 Å². The van der Waals surface area contributed by atoms with E-state index >= 15 is 0 Å². The summed E-state index contributed by atoms with van der Waals surface area (Å²) in [6, 6.07) is 8.87. The van der Waals surface area contributed by atoms with Crippen LogP contribution >= 0.6 is 11.8 Å². The Balaban J connectivity index is 1.74. The van der Waals surface area contributed by atoms with Crippen LogP contribution in [0.25, 0.3) is 0 Å². The molecule has 2 heterocycles. The normalized spacial score (nSPS) is 20.8. The van der Waals surface area contributed by atoms with Crippen molar-refractivity contribution in [2.75, 3.05) is 51.9 Å². The Kier molecular flexibility index (Phi) is 10.7. The number of fused-ring (bicyclic) bond motifs is 1. The predicted molar refractivity (Wildman–Crippen MR) is 137 cm³/mol. The number of hydrogen-bond acceptors (Lipinski definition) is 6. The maximum Gasteiger partial charge on any atom is 0.334 e. The highest BCUT2D eigenvalue weighted by Crippen LogP contribution is 2.28. The molecule has 194 valence electrons. The zero-order valence-electron chi connectivity index (χ0n) is 21.1. The smallest absolute Gasteiger partial charge is 0.334 e. The first-order chi connectivity index (χ1) is 17.0. The summed E-state index contributed by atoms with van der Waals surface area (Å²) in [6.45, 7) is 4.73. The van der Waals surface area contributed by atoms with Crippen LogP contribution in [0.15, 0.2) is 30.3 Å². The van der Waals surface area contributed by atoms with Crippen molar-refractivity contribution in [1.82, 2.24) is 25.1 Å². The summed E-state index contributed by atoms with van der Waals surface area (Å²) in [5.41, 5.74) is 0.995. The Morgan fingerprint density at radius 3 is 2.63 bits per heavy atom. The number of unbranched alkanes of at least 4 members (excludes halogenated alkanes) is 1. The number of nitrogens with zero attached hydrogens (tertiary/aromatic N) is 4. The second kappa shape index (κ2) is 13.7. The van der Waals surface area contributed by atoms with Crippen LogP contribution < -0.4 is 5.32 Å². The Hall–Kier alpha value is -2.30. The topological polar surface area (TPSA) is 85.4 Å². The van der Waals surface area contributed by atoms with Gasteiger partial charge in [0.1, 0.15) is 12.2 Å². The number of benzene rings is 1. The molecule has 2 aliphatic heterocycles. The largest absolute Gasteiger partial charge is 0.381 e. The van der Waals surface area contributed by atoms with E-state index in [1.807, 2.05) is 36.6 Å². The van der Waals surface area contributed by atoms with Gasteiger partial charge in [0.05, 0.1) is 13.1 Å². The van der Waals surface area contributed by atoms with Gasteiger partial charge in [0.25, 0.3) is 0 Å². The summed E-state index contributed by atoms with van der Waals surface area (Å²) >= 11 is 1.65. The molecule has 1 aromatic rings. The van der Waals surface area contributed by atoms with Gasteiger partial charge in [-0.25, -0.2) is 14.8 Å². The van der Waals surface area contributed by atoms with Gasteiger partial charge in [0.15, 0.2) is 0 Å². The van der Waals surface area contributed by atoms with Crippen LogP contribution in [-0.4, -0.2) is 102 Å². The van der Waals surface area contributed by atoms with Crippen molar-refractivity contribution in [3.8, 4) is 0 Å². The molecular weight excluding hydrogens is 466 g/mol. The number of nitrogens with one attached hydrogen (secondary N) is 1. The number of thioether (sulfide) groups is 1. The first-order valence-electron chi connectivity index (χ1n) is 12.5. The fourth-order valence-corrected chi connectivity index (χ4v) is 5.03. The van der Waals surface area contributed by atoms with E-state index in [4.69, 9.17) is 4.74 Å². The average Bonchev–Trinajstić information content (AvgIpc) is 2.85. The van der Waals surface area contributed by atoms with E-state index in [0.717, 1.165) is 37.2 Å². The minimum absolute atomic E-state index is 0.0357. The van der Waals surface area contributed by atoms with Gasteiger partial charge < -0.3 is 19.9 Å². The van der Waals surface area contributed by atoms with Gasteiger partial charge in [-0.05, 0) is 36.8 Å². The highest BCUT2D eigenvalue weighted by molar-refractivity contribution is 7.98. The Bertz CT molecular complexity index is 842. The van der Waals surface area contributed by atoms with Crippen molar-refractivity contribution in [2.24, 2.45) is 0 Å². The molecule has 1 N–H and O–H groups in total. The Morgan fingerprint density at radius 1 is 1.17 bits per heavy atom. The van der Waals surface area contributed by atoms with Crippen molar-refractivity contribution in [2.45, 2.75) is 51.4 Å². The summed E-state index contributed by atoms with van der Waals surface area (Å²) in [7, 11) is 1.75. The second-order valence-corrected chi connectivity index (χ2v) is 9.97. The van der Waals surface area contributed by atoms with Gasteiger partial charge in [-0.2, -0.15) is 11.8 Å². The monoisotopic (exact) mass is 505 g/mol. The van der Waals surface area contributed by atoms with E-state index in [9.17, 15) is 14.4 Å². The summed E-state index contributed by atoms with van der Waals surface area (Å²) in [6.07, 6.45) is 4.85. The second-order valence-electron chi connectivity index (χ2n) is 8.99. The lowest BCUT2D eigenvalue weighted by Gasteiger charge is -2.54. The molecule has 0 bridgehead atoms. The van der Waals surface area contributed by atoms with Gasteiger partial charge in [-0.1, -0.05) is 43.7 Å². The number of carbonyl (C=O) groups excluding carboxylic acids is 3. The van der Waals surface area contributed by atoms with Crippen LogP contribution in [-0.2, 0) is 20.9 Å². The fraction of sp³-hybridized carbons (Fsp3) is 0.640. The third kappa shape index (κ3) is 7.11. The fourth-order valence-electron chi connectivity index (χ4n) is 4.57. The zero-order valence-corrected chi connectivity index (χ0v) is 22.0. The molecule has 10 heteroatoms. The van der Waals surface area contributed by atoms with Crippen LogP contribution in [0.5, 0.6) is 0 Å². The van der Waals surface area contributed by atoms with Crippen molar-refractivity contribution < 1.29 is 19.1 Å². The van der Waals surface area contributed by atoms with Crippen molar-refractivity contribution in [1.29, 1.82) is 0 Å². The highest BCUT2D eigenvalue weighted by atomic mass is 32.2. The predicted octanol–water partition coefficient (Wildman–Crippen LogP) is 2.38. The van der Waals surface area contributed by atoms with Gasteiger partial charge in [-0.15, -0.1) is 0 Å². The molecular formula is C25H39N5O4S. The van der Waals surface area contributed by atoms with Crippen LogP contribution in [0.2, 0.25) is 0 Å². The maximum absolute atomic E-state index is 13.4. The van der Waals surface area contributed by atoms with Crippen LogP contribution in [0.1, 0.15) is 38.2 Å². The van der Waals surface area contributed by atoms with Gasteiger partial charge in [0, 0.05) is 33.4 Å². The number of carbonyl (C=O) groups is 3. The standard InChI is InChI=1S/C25H39N5O4S/c1-4-5-14-34-15-9-13-28-18-22-29(21(24(28)32)12-16-35-3)23(31)19-27(2)30(22)25(33)26-17-20-10-7-6-8-11-20/h6-8,10-11,21-22H,4-5,9,12-19H2,1-3H3,(H,26,33)/t21-,22?/m0/s1. The average molecular weight is 506 g/mol. The number of hydrogen-bond donors (Lipinski definition) is 1. The lowest BCUT2D eigenvalue weighted by Crippen LogP contribution is -2.76. The quantitative estimate of drug-likeness (QED) is 0.439. The molecule has 0 spiro atoms. The molecule has 4 amide bonds. The third-order valence-electron chi connectivity index (χ3n) is 6.39. The number of piperazine rings is 1. The summed E-state index contributed by atoms with van der Waals surface area (Å²) in [5.74, 6) is 0.606. The van der Waals surface area contributed by atoms with Gasteiger partial charge in [-0.3, -0.25) is 9.59 Å². The molecule has 3 rings (SSSR count). The van der Waals surface area contributed by atoms with E-state index in [1.165, 1.54) is 0 Å². The van der Waals surface area contributed by atoms with Crippen LogP contribution in [0.4, 0.5) is 4.79 Å². The molecule has 1 aromatic carbocycles. The molecule has 2 atom stereocenters. The molecule has 0 radical (unpaired) electrons. The number of ether oxygens (including phenoxy) is 1. The van der Waals surface area contributed by atoms with Crippen LogP contribution in [0, 0.1) is 0 Å². The molecule has 2 saturated heterocycles. The molecule has 0 aliphatic carbocycles. The van der Waals surface area contributed by atoms with Crippen LogP contribution in [0.3, 0.4) is 0 Å². The lowest BCUT2D eigenvalue weighted by molar-refractivity contribution is -0.187. The highest BCUT2D eigenvalue weighted by Gasteiger charge is 2.50. The first kappa shape index (κ1) is 27.3. The van der Waals surface area contributed by atoms with E-state index < -0.39 is 12.2 Å². The van der Waals surface area contributed by atoms with E-state index in [-0.39, 0.29) is 24.4 Å². The maximum atomic E-state index is 13.4. The number of hydrazine groups is 1. The molecule has 0 aromatic heterocycles. The van der Waals surface area contributed by atoms with Gasteiger partial charge in [0.2, 0.25) is 11.8 Å². The first-order valence-corrected chi connectivity index (χ1v) is 13.9. The number of likely N-dealkylation sites (N-methyl/N-ethyl adjacent to an activating group) is 1. The van der Waals surface area contributed by atoms with E-state index in [0.29, 0.717) is 32.7 Å². The molecule has 35 heavy (non-hydrogen) atoms. The summed E-state index contributed by atoms with van der Waals surface area (Å²) < 4.78 is 5.68. The molecule has 1 unspecified atom stereocenters. The Morgan fingerprint density at radius 2 is 1.91 bits per heavy atom. The molecule has 2 aliphatic rings. The lowest BCUT2D eigenvalue weighted by atomic mass is 10.0.